The maximum atomic E-state index is 11.8. The quantitative estimate of drug-likeness (QED) is 0.346. The van der Waals surface area contributed by atoms with Crippen molar-refractivity contribution in [1.82, 2.24) is 0 Å². The van der Waals surface area contributed by atoms with E-state index in [1.54, 1.807) is 18.2 Å². The number of thiophene rings is 1. The summed E-state index contributed by atoms with van der Waals surface area (Å²) in [6, 6.07) is 10.8. The number of amidine groups is 1. The molecule has 6 heteroatoms. The zero-order valence-corrected chi connectivity index (χ0v) is 10.9. The van der Waals surface area contributed by atoms with E-state index < -0.39 is 0 Å². The molecule has 0 unspecified atom stereocenters. The van der Waals surface area contributed by atoms with Crippen LogP contribution in [-0.4, -0.2) is 17.0 Å². The number of carbonyl (C=O) groups excluding carboxylic acids is 1. The van der Waals surface area contributed by atoms with Crippen LogP contribution in [0.25, 0.3) is 0 Å². The number of hydrogen-bond acceptors (Lipinski definition) is 4. The first-order valence-corrected chi connectivity index (χ1v) is 6.47. The molecule has 0 fully saturated rings. The first-order valence-electron chi connectivity index (χ1n) is 5.59. The Labute approximate surface area is 114 Å². The van der Waals surface area contributed by atoms with Gasteiger partial charge in [-0.2, -0.15) is 0 Å². The van der Waals surface area contributed by atoms with Crippen molar-refractivity contribution in [3.63, 3.8) is 0 Å². The van der Waals surface area contributed by atoms with Gasteiger partial charge in [0.1, 0.15) is 5.84 Å². The minimum absolute atomic E-state index is 0.126. The Hall–Kier alpha value is -2.34. The zero-order chi connectivity index (χ0) is 13.7. The number of hydrogen-bond donors (Lipinski definition) is 3. The van der Waals surface area contributed by atoms with E-state index in [9.17, 15) is 4.79 Å². The number of rotatable bonds is 4. The summed E-state index contributed by atoms with van der Waals surface area (Å²) in [7, 11) is 0. The first-order chi connectivity index (χ1) is 9.19. The summed E-state index contributed by atoms with van der Waals surface area (Å²) in [6.45, 7) is 0. The van der Waals surface area contributed by atoms with Gasteiger partial charge in [-0.25, -0.2) is 0 Å². The second-order valence-electron chi connectivity index (χ2n) is 3.90. The SMILES string of the molecule is NC(Cc1ccc(NC(=O)c2cccs2)cc1)=NO. The van der Waals surface area contributed by atoms with Crippen molar-refractivity contribution in [1.29, 1.82) is 0 Å². The highest BCUT2D eigenvalue weighted by Crippen LogP contribution is 2.14. The van der Waals surface area contributed by atoms with Gasteiger partial charge in [0.05, 0.1) is 4.88 Å². The van der Waals surface area contributed by atoms with Crippen molar-refractivity contribution in [3.8, 4) is 0 Å². The summed E-state index contributed by atoms with van der Waals surface area (Å²) in [4.78, 5) is 12.5. The number of nitrogens with one attached hydrogen (secondary N) is 1. The third-order valence-electron chi connectivity index (χ3n) is 2.47. The molecule has 0 atom stereocenters. The minimum atomic E-state index is -0.126. The number of amides is 1. The number of nitrogens with two attached hydrogens (primary N) is 1. The lowest BCUT2D eigenvalue weighted by Crippen LogP contribution is -2.14. The monoisotopic (exact) mass is 275 g/mol. The molecule has 0 radical (unpaired) electrons. The number of nitrogens with zero attached hydrogens (tertiary/aromatic N) is 1. The van der Waals surface area contributed by atoms with Gasteiger partial charge in [0.15, 0.2) is 0 Å². The average molecular weight is 275 g/mol. The van der Waals surface area contributed by atoms with Crippen LogP contribution in [0.5, 0.6) is 0 Å². The molecular formula is C13H13N3O2S. The van der Waals surface area contributed by atoms with Crippen LogP contribution >= 0.6 is 11.3 Å². The van der Waals surface area contributed by atoms with Gasteiger partial charge in [0.2, 0.25) is 0 Å². The molecular weight excluding hydrogens is 262 g/mol. The van der Waals surface area contributed by atoms with Crippen LogP contribution < -0.4 is 11.1 Å². The topological polar surface area (TPSA) is 87.7 Å². The van der Waals surface area contributed by atoms with E-state index in [-0.39, 0.29) is 11.7 Å². The fourth-order valence-electron chi connectivity index (χ4n) is 1.55. The average Bonchev–Trinajstić information content (AvgIpc) is 2.95. The van der Waals surface area contributed by atoms with Gasteiger partial charge in [-0.15, -0.1) is 11.3 Å². The van der Waals surface area contributed by atoms with Gasteiger partial charge >= 0.3 is 0 Å². The molecule has 2 aromatic rings. The summed E-state index contributed by atoms with van der Waals surface area (Å²) >= 11 is 1.39. The molecule has 1 heterocycles. The van der Waals surface area contributed by atoms with Crippen LogP contribution in [0, 0.1) is 0 Å². The van der Waals surface area contributed by atoms with Gasteiger partial charge in [0.25, 0.3) is 5.91 Å². The molecule has 19 heavy (non-hydrogen) atoms. The van der Waals surface area contributed by atoms with Crippen LogP contribution in [0.4, 0.5) is 5.69 Å². The third kappa shape index (κ3) is 3.56. The predicted octanol–water partition coefficient (Wildman–Crippen LogP) is 2.29. The minimum Gasteiger partial charge on any atom is -0.409 e. The van der Waals surface area contributed by atoms with E-state index in [0.29, 0.717) is 17.0 Å². The molecule has 2 rings (SSSR count). The van der Waals surface area contributed by atoms with Crippen LogP contribution in [0.2, 0.25) is 0 Å². The highest BCUT2D eigenvalue weighted by atomic mass is 32.1. The first kappa shape index (κ1) is 13.1. The highest BCUT2D eigenvalue weighted by Gasteiger charge is 2.06. The predicted molar refractivity (Wildman–Crippen MR) is 75.8 cm³/mol. The Balaban J connectivity index is 2.01. The second kappa shape index (κ2) is 6.01. The molecule has 0 aliphatic carbocycles. The Morgan fingerprint density at radius 1 is 1.32 bits per heavy atom. The molecule has 0 spiro atoms. The molecule has 0 saturated carbocycles. The van der Waals surface area contributed by atoms with Crippen molar-refractivity contribution in [2.24, 2.45) is 10.9 Å². The fourth-order valence-corrected chi connectivity index (χ4v) is 2.17. The summed E-state index contributed by atoms with van der Waals surface area (Å²) < 4.78 is 0. The normalized spacial score (nSPS) is 11.3. The largest absolute Gasteiger partial charge is 0.409 e. The van der Waals surface area contributed by atoms with Crippen LogP contribution in [0.3, 0.4) is 0 Å². The van der Waals surface area contributed by atoms with Crippen molar-refractivity contribution in [3.05, 3.63) is 52.2 Å². The van der Waals surface area contributed by atoms with Crippen molar-refractivity contribution in [2.45, 2.75) is 6.42 Å². The van der Waals surface area contributed by atoms with Crippen molar-refractivity contribution < 1.29 is 10.0 Å². The molecule has 5 nitrogen and oxygen atoms in total. The van der Waals surface area contributed by atoms with Crippen LogP contribution in [-0.2, 0) is 6.42 Å². The Kier molecular flexibility index (Phi) is 4.15. The van der Waals surface area contributed by atoms with Crippen LogP contribution in [0.1, 0.15) is 15.2 Å². The lowest BCUT2D eigenvalue weighted by atomic mass is 10.1. The Bertz CT molecular complexity index is 576. The van der Waals surface area contributed by atoms with E-state index >= 15 is 0 Å². The third-order valence-corrected chi connectivity index (χ3v) is 3.34. The Morgan fingerprint density at radius 3 is 2.63 bits per heavy atom. The van der Waals surface area contributed by atoms with Gasteiger partial charge in [-0.05, 0) is 29.1 Å². The maximum absolute atomic E-state index is 11.8. The lowest BCUT2D eigenvalue weighted by Gasteiger charge is -2.05. The molecule has 0 aliphatic rings. The highest BCUT2D eigenvalue weighted by molar-refractivity contribution is 7.12. The molecule has 1 aromatic carbocycles. The van der Waals surface area contributed by atoms with Gasteiger partial charge in [-0.3, -0.25) is 4.79 Å². The number of anilines is 1. The van der Waals surface area contributed by atoms with E-state index in [1.807, 2.05) is 23.6 Å². The number of benzene rings is 1. The smallest absolute Gasteiger partial charge is 0.265 e. The molecule has 0 aliphatic heterocycles. The van der Waals surface area contributed by atoms with E-state index in [1.165, 1.54) is 11.3 Å². The van der Waals surface area contributed by atoms with Gasteiger partial charge < -0.3 is 16.3 Å². The molecule has 0 bridgehead atoms. The van der Waals surface area contributed by atoms with E-state index in [0.717, 1.165) is 5.56 Å². The van der Waals surface area contributed by atoms with E-state index in [2.05, 4.69) is 10.5 Å². The van der Waals surface area contributed by atoms with Gasteiger partial charge in [0, 0.05) is 12.1 Å². The molecule has 0 saturated heterocycles. The summed E-state index contributed by atoms with van der Waals surface area (Å²) in [5.74, 6) is 0.0227. The second-order valence-corrected chi connectivity index (χ2v) is 4.84. The van der Waals surface area contributed by atoms with Crippen LogP contribution in [0.15, 0.2) is 46.9 Å². The maximum Gasteiger partial charge on any atom is 0.265 e. The fraction of sp³-hybridized carbons (Fsp3) is 0.0769. The summed E-state index contributed by atoms with van der Waals surface area (Å²) in [5.41, 5.74) is 7.04. The number of carbonyl (C=O) groups is 1. The molecule has 98 valence electrons. The van der Waals surface area contributed by atoms with Crippen molar-refractivity contribution >= 4 is 28.8 Å². The zero-order valence-electron chi connectivity index (χ0n) is 10.0. The molecule has 1 amide bonds. The summed E-state index contributed by atoms with van der Waals surface area (Å²) in [6.07, 6.45) is 0.371. The molecule has 4 N–H and O–H groups in total. The van der Waals surface area contributed by atoms with E-state index in [4.69, 9.17) is 10.9 Å². The standard InChI is InChI=1S/C13H13N3O2S/c14-12(16-18)8-9-3-5-10(6-4-9)15-13(17)11-2-1-7-19-11/h1-7,18H,8H2,(H2,14,16)(H,15,17). The lowest BCUT2D eigenvalue weighted by molar-refractivity contribution is 0.103. The Morgan fingerprint density at radius 2 is 2.05 bits per heavy atom. The molecule has 1 aromatic heterocycles. The summed E-state index contributed by atoms with van der Waals surface area (Å²) in [5, 5.41) is 16.1. The van der Waals surface area contributed by atoms with Crippen molar-refractivity contribution in [2.75, 3.05) is 5.32 Å². The number of oxime groups is 1. The van der Waals surface area contributed by atoms with Gasteiger partial charge in [-0.1, -0.05) is 23.4 Å².